The Balaban J connectivity index is 1.74. The van der Waals surface area contributed by atoms with Crippen LogP contribution >= 0.6 is 0 Å². The Morgan fingerprint density at radius 1 is 0.966 bits per heavy atom. The van der Waals surface area contributed by atoms with E-state index in [1.54, 1.807) is 50.7 Å². The van der Waals surface area contributed by atoms with Gasteiger partial charge in [-0.05, 0) is 48.5 Å². The molecular formula is C22H24N4O3. The Labute approximate surface area is 170 Å². The van der Waals surface area contributed by atoms with E-state index in [-0.39, 0.29) is 5.91 Å². The Bertz CT molecular complexity index is 988. The molecule has 0 bridgehead atoms. The van der Waals surface area contributed by atoms with Gasteiger partial charge in [-0.15, -0.1) is 0 Å². The van der Waals surface area contributed by atoms with Crippen molar-refractivity contribution in [3.05, 3.63) is 66.4 Å². The SMILES string of the molecule is COc1ccc(NC(=O)c2ccnc(Nc3ccc(N(C)C)cc3)c2)c(OC)c1. The van der Waals surface area contributed by atoms with Gasteiger partial charge in [0.2, 0.25) is 0 Å². The van der Waals surface area contributed by atoms with Crippen LogP contribution in [0, 0.1) is 0 Å². The second-order valence-electron chi connectivity index (χ2n) is 6.52. The minimum absolute atomic E-state index is 0.262. The first-order chi connectivity index (χ1) is 14.0. The summed E-state index contributed by atoms with van der Waals surface area (Å²) in [6.45, 7) is 0. The van der Waals surface area contributed by atoms with Gasteiger partial charge in [-0.3, -0.25) is 4.79 Å². The third-order valence-corrected chi connectivity index (χ3v) is 4.34. The fourth-order valence-electron chi connectivity index (χ4n) is 2.73. The van der Waals surface area contributed by atoms with Crippen LogP contribution in [0.5, 0.6) is 11.5 Å². The molecule has 1 amide bonds. The van der Waals surface area contributed by atoms with Crippen LogP contribution in [0.4, 0.5) is 22.9 Å². The number of amides is 1. The molecule has 2 aromatic carbocycles. The second-order valence-corrected chi connectivity index (χ2v) is 6.52. The number of nitrogens with one attached hydrogen (secondary N) is 2. The summed E-state index contributed by atoms with van der Waals surface area (Å²) in [5, 5.41) is 6.08. The molecule has 3 rings (SSSR count). The van der Waals surface area contributed by atoms with Gasteiger partial charge in [0.15, 0.2) is 0 Å². The molecule has 7 heteroatoms. The van der Waals surface area contributed by atoms with Gasteiger partial charge in [0.25, 0.3) is 5.91 Å². The number of ether oxygens (including phenoxy) is 2. The zero-order valence-electron chi connectivity index (χ0n) is 16.9. The van der Waals surface area contributed by atoms with Crippen LogP contribution in [-0.2, 0) is 0 Å². The minimum Gasteiger partial charge on any atom is -0.497 e. The molecule has 0 radical (unpaired) electrons. The monoisotopic (exact) mass is 392 g/mol. The average molecular weight is 392 g/mol. The Kier molecular flexibility index (Phi) is 6.19. The van der Waals surface area contributed by atoms with E-state index in [1.165, 1.54) is 0 Å². The van der Waals surface area contributed by atoms with E-state index in [1.807, 2.05) is 43.3 Å². The Hall–Kier alpha value is -3.74. The highest BCUT2D eigenvalue weighted by Gasteiger charge is 2.12. The van der Waals surface area contributed by atoms with E-state index in [2.05, 4.69) is 15.6 Å². The van der Waals surface area contributed by atoms with Crippen LogP contribution in [0.25, 0.3) is 0 Å². The van der Waals surface area contributed by atoms with Crippen LogP contribution in [-0.4, -0.2) is 39.2 Å². The number of carbonyl (C=O) groups is 1. The summed E-state index contributed by atoms with van der Waals surface area (Å²) in [4.78, 5) is 19.0. The van der Waals surface area contributed by atoms with E-state index in [9.17, 15) is 4.79 Å². The second kappa shape index (κ2) is 8.97. The van der Waals surface area contributed by atoms with E-state index < -0.39 is 0 Å². The van der Waals surface area contributed by atoms with Gasteiger partial charge in [0.1, 0.15) is 17.3 Å². The quantitative estimate of drug-likeness (QED) is 0.629. The number of pyridine rings is 1. The molecule has 3 aromatic rings. The third kappa shape index (κ3) is 4.95. The van der Waals surface area contributed by atoms with Crippen LogP contribution in [0.15, 0.2) is 60.8 Å². The lowest BCUT2D eigenvalue weighted by atomic mass is 10.2. The normalized spacial score (nSPS) is 10.2. The molecule has 2 N–H and O–H groups in total. The molecule has 150 valence electrons. The molecule has 7 nitrogen and oxygen atoms in total. The number of hydrogen-bond acceptors (Lipinski definition) is 6. The fourth-order valence-corrected chi connectivity index (χ4v) is 2.73. The molecule has 0 unspecified atom stereocenters. The van der Waals surface area contributed by atoms with E-state index in [0.29, 0.717) is 28.6 Å². The molecular weight excluding hydrogens is 368 g/mol. The number of carbonyl (C=O) groups excluding carboxylic acids is 1. The molecule has 0 aliphatic rings. The van der Waals surface area contributed by atoms with Crippen molar-refractivity contribution in [1.82, 2.24) is 4.98 Å². The average Bonchev–Trinajstić information content (AvgIpc) is 2.74. The summed E-state index contributed by atoms with van der Waals surface area (Å²) in [5.41, 5.74) is 3.02. The highest BCUT2D eigenvalue weighted by Crippen LogP contribution is 2.29. The molecule has 0 spiro atoms. The van der Waals surface area contributed by atoms with Crippen molar-refractivity contribution in [2.45, 2.75) is 0 Å². The summed E-state index contributed by atoms with van der Waals surface area (Å²) < 4.78 is 10.5. The maximum absolute atomic E-state index is 12.7. The summed E-state index contributed by atoms with van der Waals surface area (Å²) >= 11 is 0. The number of hydrogen-bond donors (Lipinski definition) is 2. The van der Waals surface area contributed by atoms with Crippen molar-refractivity contribution in [3.8, 4) is 11.5 Å². The van der Waals surface area contributed by atoms with Crippen molar-refractivity contribution < 1.29 is 14.3 Å². The van der Waals surface area contributed by atoms with Crippen molar-refractivity contribution in [2.24, 2.45) is 0 Å². The van der Waals surface area contributed by atoms with Crippen molar-refractivity contribution in [2.75, 3.05) is 43.8 Å². The first-order valence-corrected chi connectivity index (χ1v) is 9.04. The van der Waals surface area contributed by atoms with Gasteiger partial charge < -0.3 is 25.0 Å². The highest BCUT2D eigenvalue weighted by atomic mass is 16.5. The molecule has 0 saturated carbocycles. The van der Waals surface area contributed by atoms with Gasteiger partial charge in [-0.2, -0.15) is 0 Å². The summed E-state index contributed by atoms with van der Waals surface area (Å²) in [5.74, 6) is 1.49. The molecule has 0 saturated heterocycles. The van der Waals surface area contributed by atoms with Crippen molar-refractivity contribution in [3.63, 3.8) is 0 Å². The summed E-state index contributed by atoms with van der Waals surface area (Å²) in [6.07, 6.45) is 1.59. The molecule has 1 heterocycles. The van der Waals surface area contributed by atoms with Crippen LogP contribution < -0.4 is 25.0 Å². The third-order valence-electron chi connectivity index (χ3n) is 4.34. The zero-order chi connectivity index (χ0) is 20.8. The van der Waals surface area contributed by atoms with Crippen LogP contribution in [0.3, 0.4) is 0 Å². The molecule has 0 fully saturated rings. The number of nitrogens with zero attached hydrogens (tertiary/aromatic N) is 2. The first-order valence-electron chi connectivity index (χ1n) is 9.04. The van der Waals surface area contributed by atoms with Crippen LogP contribution in [0.2, 0.25) is 0 Å². The number of rotatable bonds is 7. The summed E-state index contributed by atoms with van der Waals surface area (Å²) in [7, 11) is 7.10. The Morgan fingerprint density at radius 3 is 2.38 bits per heavy atom. The fraction of sp³-hybridized carbons (Fsp3) is 0.182. The number of benzene rings is 2. The predicted octanol–water partition coefficient (Wildman–Crippen LogP) is 4.16. The lowest BCUT2D eigenvalue weighted by molar-refractivity contribution is 0.102. The maximum Gasteiger partial charge on any atom is 0.255 e. The Morgan fingerprint density at radius 2 is 1.72 bits per heavy atom. The van der Waals surface area contributed by atoms with Gasteiger partial charge in [-0.25, -0.2) is 4.98 Å². The van der Waals surface area contributed by atoms with E-state index in [4.69, 9.17) is 9.47 Å². The standard InChI is InChI=1S/C22H24N4O3/c1-26(2)17-7-5-16(6-8-17)24-21-13-15(11-12-23-21)22(27)25-19-10-9-18(28-3)14-20(19)29-4/h5-14H,1-4H3,(H,23,24)(H,25,27). The van der Waals surface area contributed by atoms with E-state index in [0.717, 1.165) is 11.4 Å². The lowest BCUT2D eigenvalue weighted by Crippen LogP contribution is -2.13. The van der Waals surface area contributed by atoms with Gasteiger partial charge in [0.05, 0.1) is 19.9 Å². The number of aromatic nitrogens is 1. The van der Waals surface area contributed by atoms with Crippen molar-refractivity contribution >= 4 is 28.8 Å². The molecule has 0 atom stereocenters. The highest BCUT2D eigenvalue weighted by molar-refractivity contribution is 6.05. The largest absolute Gasteiger partial charge is 0.497 e. The van der Waals surface area contributed by atoms with E-state index >= 15 is 0 Å². The maximum atomic E-state index is 12.7. The predicted molar refractivity (Wildman–Crippen MR) is 116 cm³/mol. The molecule has 0 aliphatic heterocycles. The minimum atomic E-state index is -0.262. The molecule has 0 aliphatic carbocycles. The number of methoxy groups -OCH3 is 2. The van der Waals surface area contributed by atoms with Gasteiger partial charge >= 0.3 is 0 Å². The zero-order valence-corrected chi connectivity index (χ0v) is 16.9. The number of anilines is 4. The molecule has 29 heavy (non-hydrogen) atoms. The smallest absolute Gasteiger partial charge is 0.255 e. The van der Waals surface area contributed by atoms with Gasteiger partial charge in [0, 0.05) is 43.3 Å². The topological polar surface area (TPSA) is 75.7 Å². The lowest BCUT2D eigenvalue weighted by Gasteiger charge is -2.14. The van der Waals surface area contributed by atoms with Crippen LogP contribution in [0.1, 0.15) is 10.4 Å². The first kappa shape index (κ1) is 20.0. The van der Waals surface area contributed by atoms with Gasteiger partial charge in [-0.1, -0.05) is 0 Å². The summed E-state index contributed by atoms with van der Waals surface area (Å²) in [6, 6.07) is 16.5. The molecule has 1 aromatic heterocycles. The van der Waals surface area contributed by atoms with Crippen molar-refractivity contribution in [1.29, 1.82) is 0 Å².